The van der Waals surface area contributed by atoms with E-state index in [0.717, 1.165) is 29.7 Å². The Hall–Kier alpha value is -3.56. The van der Waals surface area contributed by atoms with Gasteiger partial charge in [-0.1, -0.05) is 18.2 Å². The molecular weight excluding hydrogens is 528 g/mol. The fourth-order valence-corrected chi connectivity index (χ4v) is 5.69. The Morgan fingerprint density at radius 3 is 2.81 bits per heavy atom. The molecule has 2 unspecified atom stereocenters. The van der Waals surface area contributed by atoms with Gasteiger partial charge in [-0.15, -0.1) is 0 Å². The largest absolute Gasteiger partial charge is 0.492 e. The molecule has 6 rings (SSSR count). The fraction of sp³-hybridized carbons (Fsp3) is 0.259. The van der Waals surface area contributed by atoms with E-state index in [4.69, 9.17) is 18.9 Å². The highest BCUT2D eigenvalue weighted by atomic mass is 79.9. The maximum Gasteiger partial charge on any atom is 0.339 e. The molecule has 3 aliphatic rings. The first-order chi connectivity index (χ1) is 17.5. The van der Waals surface area contributed by atoms with Crippen molar-refractivity contribution in [2.24, 2.45) is 0 Å². The van der Waals surface area contributed by atoms with E-state index >= 15 is 0 Å². The summed E-state index contributed by atoms with van der Waals surface area (Å²) in [7, 11) is 3.62. The van der Waals surface area contributed by atoms with E-state index < -0.39 is 12.1 Å². The number of rotatable bonds is 4. The molecule has 8 nitrogen and oxygen atoms in total. The van der Waals surface area contributed by atoms with Crippen LogP contribution < -0.4 is 19.5 Å². The van der Waals surface area contributed by atoms with Gasteiger partial charge >= 0.3 is 5.97 Å². The third kappa shape index (κ3) is 3.61. The second-order valence-electron chi connectivity index (χ2n) is 8.95. The number of cyclic esters (lactones) is 1. The number of benzene rings is 3. The van der Waals surface area contributed by atoms with Crippen molar-refractivity contribution >= 4 is 33.5 Å². The van der Waals surface area contributed by atoms with Crippen LogP contribution in [-0.2, 0) is 11.2 Å². The summed E-state index contributed by atoms with van der Waals surface area (Å²) in [5, 5.41) is 2.88. The summed E-state index contributed by atoms with van der Waals surface area (Å²) in [6.07, 6.45) is 0.266. The van der Waals surface area contributed by atoms with Crippen molar-refractivity contribution in [1.82, 2.24) is 4.90 Å². The van der Waals surface area contributed by atoms with Crippen LogP contribution in [0.5, 0.6) is 17.2 Å². The Morgan fingerprint density at radius 2 is 2.00 bits per heavy atom. The molecule has 0 spiro atoms. The van der Waals surface area contributed by atoms with Gasteiger partial charge < -0.3 is 24.3 Å². The lowest BCUT2D eigenvalue weighted by atomic mass is 9.85. The molecule has 36 heavy (non-hydrogen) atoms. The van der Waals surface area contributed by atoms with Crippen LogP contribution in [0.1, 0.15) is 49.6 Å². The minimum absolute atomic E-state index is 0.143. The van der Waals surface area contributed by atoms with Gasteiger partial charge in [-0.3, -0.25) is 9.69 Å². The van der Waals surface area contributed by atoms with E-state index in [1.54, 1.807) is 37.4 Å². The topological polar surface area (TPSA) is 86.3 Å². The van der Waals surface area contributed by atoms with Gasteiger partial charge in [-0.25, -0.2) is 4.79 Å². The number of amides is 1. The summed E-state index contributed by atoms with van der Waals surface area (Å²) >= 11 is 3.40. The molecule has 0 aliphatic carbocycles. The molecule has 0 aromatic heterocycles. The number of halogens is 1. The zero-order valence-electron chi connectivity index (χ0n) is 19.7. The molecule has 184 valence electrons. The van der Waals surface area contributed by atoms with Crippen molar-refractivity contribution in [2.75, 3.05) is 32.8 Å². The Balaban J connectivity index is 1.36. The quantitative estimate of drug-likeness (QED) is 0.463. The highest BCUT2D eigenvalue weighted by Gasteiger charge is 2.44. The molecular formula is C27H23BrN2O6. The number of anilines is 1. The summed E-state index contributed by atoms with van der Waals surface area (Å²) in [5.41, 5.74) is 4.25. The number of ether oxygens (including phenoxy) is 4. The molecule has 3 heterocycles. The second kappa shape index (κ2) is 8.83. The summed E-state index contributed by atoms with van der Waals surface area (Å²) < 4.78 is 23.8. The molecule has 0 saturated heterocycles. The highest BCUT2D eigenvalue weighted by molar-refractivity contribution is 9.10. The van der Waals surface area contributed by atoms with E-state index in [1.807, 2.05) is 25.2 Å². The van der Waals surface area contributed by atoms with Crippen molar-refractivity contribution in [3.63, 3.8) is 0 Å². The number of carbonyl (C=O) groups excluding carboxylic acids is 2. The van der Waals surface area contributed by atoms with E-state index in [-0.39, 0.29) is 18.7 Å². The lowest BCUT2D eigenvalue weighted by Crippen LogP contribution is -2.36. The zero-order chi connectivity index (χ0) is 25.0. The molecule has 0 fully saturated rings. The Labute approximate surface area is 216 Å². The Bertz CT molecular complexity index is 1410. The molecule has 0 saturated carbocycles. The van der Waals surface area contributed by atoms with Crippen LogP contribution in [0, 0.1) is 0 Å². The highest BCUT2D eigenvalue weighted by Crippen LogP contribution is 2.54. The molecule has 0 bridgehead atoms. The number of nitrogens with one attached hydrogen (secondary N) is 1. The van der Waals surface area contributed by atoms with E-state index in [1.165, 1.54) is 0 Å². The minimum Gasteiger partial charge on any atom is -0.492 e. The monoisotopic (exact) mass is 550 g/mol. The number of esters is 1. The van der Waals surface area contributed by atoms with Crippen LogP contribution in [0.4, 0.5) is 5.69 Å². The fourth-order valence-electron chi connectivity index (χ4n) is 5.23. The molecule has 2 atom stereocenters. The van der Waals surface area contributed by atoms with E-state index in [9.17, 15) is 9.59 Å². The first-order valence-corrected chi connectivity index (χ1v) is 12.4. The van der Waals surface area contributed by atoms with Gasteiger partial charge in [0.05, 0.1) is 24.3 Å². The van der Waals surface area contributed by atoms with Gasteiger partial charge in [0.1, 0.15) is 6.10 Å². The van der Waals surface area contributed by atoms with Crippen LogP contribution in [-0.4, -0.2) is 44.3 Å². The van der Waals surface area contributed by atoms with Crippen LogP contribution in [0.3, 0.4) is 0 Å². The number of carbonyl (C=O) groups is 2. The number of likely N-dealkylation sites (N-methyl/N-ethyl adjacent to an activating group) is 1. The van der Waals surface area contributed by atoms with E-state index in [0.29, 0.717) is 38.5 Å². The molecule has 1 N–H and O–H groups in total. The van der Waals surface area contributed by atoms with Crippen LogP contribution in [0.15, 0.2) is 53.0 Å². The standard InChI is InChI=1S/C27H23BrN2O6/c1-30-10-9-14-11-20-24(35-13-34-20)25(33-2)21(14)22(30)23-16-8-7-15(12-18(16)27(32)36-23)29-26(31)17-5-3-4-6-19(17)28/h3-8,11-12,22-23H,9-10,13H2,1-2H3,(H,29,31). The maximum absolute atomic E-state index is 13.0. The normalized spacial score (nSPS) is 19.9. The van der Waals surface area contributed by atoms with Gasteiger partial charge in [0.15, 0.2) is 11.5 Å². The predicted octanol–water partition coefficient (Wildman–Crippen LogP) is 4.88. The SMILES string of the molecule is COc1c2c(cc3c1C(C1OC(=O)c4cc(NC(=O)c5ccccc5Br)ccc41)N(C)CC3)OCO2. The molecule has 1 amide bonds. The van der Waals surface area contributed by atoms with Crippen LogP contribution in [0.2, 0.25) is 0 Å². The van der Waals surface area contributed by atoms with Gasteiger partial charge in [-0.05, 0) is 65.3 Å². The smallest absolute Gasteiger partial charge is 0.339 e. The molecule has 3 aromatic rings. The average Bonchev–Trinajstić information content (AvgIpc) is 3.47. The van der Waals surface area contributed by atoms with Gasteiger partial charge in [-0.2, -0.15) is 0 Å². The third-order valence-electron chi connectivity index (χ3n) is 6.93. The summed E-state index contributed by atoms with van der Waals surface area (Å²) in [6.45, 7) is 0.925. The first-order valence-electron chi connectivity index (χ1n) is 11.6. The number of nitrogens with zero attached hydrogens (tertiary/aromatic N) is 1. The van der Waals surface area contributed by atoms with Gasteiger partial charge in [0.25, 0.3) is 5.91 Å². The zero-order valence-corrected chi connectivity index (χ0v) is 21.3. The van der Waals surface area contributed by atoms with Gasteiger partial charge in [0, 0.05) is 27.8 Å². The van der Waals surface area contributed by atoms with Crippen molar-refractivity contribution in [3.8, 4) is 17.2 Å². The van der Waals surface area contributed by atoms with Crippen molar-refractivity contribution in [3.05, 3.63) is 80.8 Å². The van der Waals surface area contributed by atoms with E-state index in [2.05, 4.69) is 26.1 Å². The number of hydrogen-bond donors (Lipinski definition) is 1. The third-order valence-corrected chi connectivity index (χ3v) is 7.62. The van der Waals surface area contributed by atoms with Gasteiger partial charge in [0.2, 0.25) is 12.5 Å². The average molecular weight is 551 g/mol. The van der Waals surface area contributed by atoms with Crippen molar-refractivity contribution < 1.29 is 28.5 Å². The maximum atomic E-state index is 13.0. The minimum atomic E-state index is -0.543. The van der Waals surface area contributed by atoms with Crippen LogP contribution >= 0.6 is 15.9 Å². The summed E-state index contributed by atoms with van der Waals surface area (Å²) in [4.78, 5) is 27.9. The molecule has 3 aromatic carbocycles. The second-order valence-corrected chi connectivity index (χ2v) is 9.81. The lowest BCUT2D eigenvalue weighted by Gasteiger charge is -2.38. The Morgan fingerprint density at radius 1 is 1.17 bits per heavy atom. The predicted molar refractivity (Wildman–Crippen MR) is 135 cm³/mol. The molecule has 3 aliphatic heterocycles. The van der Waals surface area contributed by atoms with Crippen LogP contribution in [0.25, 0.3) is 0 Å². The lowest BCUT2D eigenvalue weighted by molar-refractivity contribution is 0.00881. The van der Waals surface area contributed by atoms with Crippen molar-refractivity contribution in [2.45, 2.75) is 18.6 Å². The number of hydrogen-bond acceptors (Lipinski definition) is 7. The van der Waals surface area contributed by atoms with Crippen molar-refractivity contribution in [1.29, 1.82) is 0 Å². The molecule has 9 heteroatoms. The summed E-state index contributed by atoms with van der Waals surface area (Å²) in [5.74, 6) is 1.16. The number of fused-ring (bicyclic) bond motifs is 3. The number of methoxy groups -OCH3 is 1. The Kier molecular flexibility index (Phi) is 5.61. The molecule has 0 radical (unpaired) electrons. The summed E-state index contributed by atoms with van der Waals surface area (Å²) in [6, 6.07) is 14.2. The first kappa shape index (κ1) is 22.9.